The lowest BCUT2D eigenvalue weighted by Crippen LogP contribution is -2.31. The molecule has 0 atom stereocenters. The SMILES string of the molecule is CC(C)c1ccccc1N1C(=O)CSC1=NC(=O)Nc1ccc(CCc2ncn(-c3ccc(C(F)(F)F)cc3C#N)n2)cc1. The Hall–Kier alpha value is -4.96. The number of para-hydroxylation sites is 1. The number of nitrogens with one attached hydrogen (secondary N) is 1. The number of anilines is 2. The van der Waals surface area contributed by atoms with E-state index in [1.54, 1.807) is 18.2 Å². The summed E-state index contributed by atoms with van der Waals surface area (Å²) in [5.74, 6) is 0.696. The van der Waals surface area contributed by atoms with Gasteiger partial charge in [0.15, 0.2) is 11.0 Å². The molecule has 1 fully saturated rings. The predicted octanol–water partition coefficient (Wildman–Crippen LogP) is 6.73. The third-order valence-corrected chi connectivity index (χ3v) is 7.76. The minimum absolute atomic E-state index is 0.136. The number of hydrogen-bond donors (Lipinski definition) is 1. The first-order valence-electron chi connectivity index (χ1n) is 13.6. The summed E-state index contributed by atoms with van der Waals surface area (Å²) in [5.41, 5.74) is 2.30. The lowest BCUT2D eigenvalue weighted by atomic mass is 10.0. The van der Waals surface area contributed by atoms with Crippen molar-refractivity contribution in [2.45, 2.75) is 38.8 Å². The van der Waals surface area contributed by atoms with Crippen LogP contribution >= 0.6 is 11.8 Å². The molecule has 3 aromatic carbocycles. The van der Waals surface area contributed by atoms with Crippen LogP contribution in [-0.4, -0.2) is 37.6 Å². The highest BCUT2D eigenvalue weighted by atomic mass is 32.2. The maximum atomic E-state index is 13.0. The summed E-state index contributed by atoms with van der Waals surface area (Å²) in [6.07, 6.45) is -2.20. The van der Waals surface area contributed by atoms with E-state index in [2.05, 4.69) is 20.4 Å². The van der Waals surface area contributed by atoms with E-state index in [1.807, 2.05) is 50.2 Å². The van der Waals surface area contributed by atoms with E-state index in [0.29, 0.717) is 29.5 Å². The van der Waals surface area contributed by atoms with Crippen LogP contribution in [-0.2, 0) is 23.8 Å². The van der Waals surface area contributed by atoms with E-state index in [-0.39, 0.29) is 28.8 Å². The number of aromatic nitrogens is 3. The van der Waals surface area contributed by atoms with Crippen molar-refractivity contribution in [3.63, 3.8) is 0 Å². The smallest absolute Gasteiger partial charge is 0.306 e. The first kappa shape index (κ1) is 30.5. The number of nitrogens with zero attached hydrogens (tertiary/aromatic N) is 6. The van der Waals surface area contributed by atoms with Gasteiger partial charge in [0.25, 0.3) is 0 Å². The van der Waals surface area contributed by atoms with Crippen molar-refractivity contribution in [1.82, 2.24) is 14.8 Å². The minimum Gasteiger partial charge on any atom is -0.306 e. The average molecular weight is 618 g/mol. The number of amidine groups is 1. The Morgan fingerprint density at radius 3 is 2.55 bits per heavy atom. The second kappa shape index (κ2) is 12.7. The van der Waals surface area contributed by atoms with Crippen LogP contribution in [0.3, 0.4) is 0 Å². The third-order valence-electron chi connectivity index (χ3n) is 6.84. The Morgan fingerprint density at radius 2 is 1.84 bits per heavy atom. The molecule has 0 radical (unpaired) electrons. The van der Waals surface area contributed by atoms with E-state index < -0.39 is 17.8 Å². The van der Waals surface area contributed by atoms with Crippen molar-refractivity contribution in [3.8, 4) is 11.8 Å². The molecule has 13 heteroatoms. The molecular weight excluding hydrogens is 591 g/mol. The van der Waals surface area contributed by atoms with E-state index in [9.17, 15) is 28.0 Å². The molecule has 9 nitrogen and oxygen atoms in total. The Bertz CT molecular complexity index is 1780. The number of nitriles is 1. The van der Waals surface area contributed by atoms with Gasteiger partial charge in [-0.05, 0) is 59.9 Å². The van der Waals surface area contributed by atoms with Crippen molar-refractivity contribution in [3.05, 3.63) is 101 Å². The molecule has 0 saturated carbocycles. The summed E-state index contributed by atoms with van der Waals surface area (Å²) in [6.45, 7) is 4.08. The van der Waals surface area contributed by atoms with Crippen LogP contribution in [0.1, 0.15) is 47.8 Å². The number of alkyl halides is 3. The van der Waals surface area contributed by atoms with Crippen molar-refractivity contribution in [2.75, 3.05) is 16.0 Å². The standard InChI is InChI=1S/C31H26F3N7O2S/c1-19(2)24-5-3-4-6-26(24)41-28(42)17-44-30(41)38-29(43)37-23-11-7-20(8-12-23)9-14-27-36-18-40(39-27)25-13-10-22(31(32,33)34)15-21(25)16-35/h3-8,10-13,15,18-19H,9,14,17H2,1-2H3,(H,37,43). The summed E-state index contributed by atoms with van der Waals surface area (Å²) in [5, 5.41) is 16.7. The van der Waals surface area contributed by atoms with E-state index >= 15 is 0 Å². The molecular formula is C31H26F3N7O2S. The molecule has 1 aromatic heterocycles. The number of urea groups is 1. The molecule has 1 aliphatic rings. The summed E-state index contributed by atoms with van der Waals surface area (Å²) < 4.78 is 40.3. The number of hydrogen-bond acceptors (Lipinski definition) is 6. The quantitative estimate of drug-likeness (QED) is 0.246. The normalized spacial score (nSPS) is 14.3. The predicted molar refractivity (Wildman–Crippen MR) is 162 cm³/mol. The highest BCUT2D eigenvalue weighted by molar-refractivity contribution is 8.15. The lowest BCUT2D eigenvalue weighted by molar-refractivity contribution is -0.137. The fourth-order valence-electron chi connectivity index (χ4n) is 4.64. The van der Waals surface area contributed by atoms with Crippen LogP contribution in [0.15, 0.2) is 78.0 Å². The van der Waals surface area contributed by atoms with Gasteiger partial charge in [-0.2, -0.15) is 28.5 Å². The molecule has 2 heterocycles. The highest BCUT2D eigenvalue weighted by Gasteiger charge is 2.33. The molecule has 224 valence electrons. The monoisotopic (exact) mass is 617 g/mol. The van der Waals surface area contributed by atoms with E-state index in [4.69, 9.17) is 0 Å². The van der Waals surface area contributed by atoms with Crippen molar-refractivity contribution in [2.24, 2.45) is 4.99 Å². The number of carbonyl (C=O) groups is 2. The molecule has 0 spiro atoms. The minimum atomic E-state index is -4.56. The maximum absolute atomic E-state index is 13.0. The van der Waals surface area contributed by atoms with Crippen molar-refractivity contribution >= 4 is 40.2 Å². The zero-order valence-corrected chi connectivity index (χ0v) is 24.5. The van der Waals surface area contributed by atoms with Crippen LogP contribution in [0.2, 0.25) is 0 Å². The highest BCUT2D eigenvalue weighted by Crippen LogP contribution is 2.33. The van der Waals surface area contributed by atoms with Gasteiger partial charge >= 0.3 is 12.2 Å². The lowest BCUT2D eigenvalue weighted by Gasteiger charge is -2.21. The summed E-state index contributed by atoms with van der Waals surface area (Å²) in [6, 6.07) is 18.8. The Morgan fingerprint density at radius 1 is 1.09 bits per heavy atom. The summed E-state index contributed by atoms with van der Waals surface area (Å²) in [7, 11) is 0. The number of halogens is 3. The number of amides is 3. The molecule has 44 heavy (non-hydrogen) atoms. The molecule has 4 aromatic rings. The number of rotatable bonds is 7. The van der Waals surface area contributed by atoms with Gasteiger partial charge in [0.05, 0.1) is 28.3 Å². The average Bonchev–Trinajstić information content (AvgIpc) is 3.62. The van der Waals surface area contributed by atoms with Gasteiger partial charge in [-0.25, -0.2) is 14.5 Å². The second-order valence-electron chi connectivity index (χ2n) is 10.2. The molecule has 0 unspecified atom stereocenters. The fraction of sp³-hybridized carbons (Fsp3) is 0.226. The van der Waals surface area contributed by atoms with Gasteiger partial charge in [0.1, 0.15) is 12.4 Å². The van der Waals surface area contributed by atoms with E-state index in [1.165, 1.54) is 33.7 Å². The van der Waals surface area contributed by atoms with E-state index in [0.717, 1.165) is 28.9 Å². The number of benzene rings is 3. The molecule has 1 aliphatic heterocycles. The largest absolute Gasteiger partial charge is 0.416 e. The summed E-state index contributed by atoms with van der Waals surface area (Å²) >= 11 is 1.21. The van der Waals surface area contributed by atoms with Crippen molar-refractivity contribution < 1.29 is 22.8 Å². The van der Waals surface area contributed by atoms with Gasteiger partial charge in [0, 0.05) is 12.1 Å². The van der Waals surface area contributed by atoms with Crippen LogP contribution in [0.5, 0.6) is 0 Å². The summed E-state index contributed by atoms with van der Waals surface area (Å²) in [4.78, 5) is 35.3. The first-order valence-corrected chi connectivity index (χ1v) is 14.6. The number of carbonyl (C=O) groups excluding carboxylic acids is 2. The molecule has 0 bridgehead atoms. The number of thioether (sulfide) groups is 1. The Labute approximate surface area is 255 Å². The van der Waals surface area contributed by atoms with Gasteiger partial charge in [-0.3, -0.25) is 9.69 Å². The zero-order valence-electron chi connectivity index (χ0n) is 23.7. The molecule has 0 aliphatic carbocycles. The van der Waals surface area contributed by atoms with Gasteiger partial charge in [-0.1, -0.05) is 55.9 Å². The van der Waals surface area contributed by atoms with Crippen LogP contribution in [0, 0.1) is 11.3 Å². The fourth-order valence-corrected chi connectivity index (χ4v) is 5.50. The number of aliphatic imine (C=N–C) groups is 1. The van der Waals surface area contributed by atoms with Gasteiger partial charge < -0.3 is 5.32 Å². The first-order chi connectivity index (χ1) is 21.0. The molecule has 1 saturated heterocycles. The molecule has 1 N–H and O–H groups in total. The van der Waals surface area contributed by atoms with Crippen LogP contribution in [0.25, 0.3) is 5.69 Å². The van der Waals surface area contributed by atoms with Crippen LogP contribution < -0.4 is 10.2 Å². The third kappa shape index (κ3) is 6.81. The van der Waals surface area contributed by atoms with Gasteiger partial charge in [0.2, 0.25) is 5.91 Å². The topological polar surface area (TPSA) is 116 Å². The second-order valence-corrected chi connectivity index (χ2v) is 11.1. The zero-order chi connectivity index (χ0) is 31.4. The molecule has 5 rings (SSSR count). The Kier molecular flexibility index (Phi) is 8.82. The van der Waals surface area contributed by atoms with Crippen LogP contribution in [0.4, 0.5) is 29.3 Å². The van der Waals surface area contributed by atoms with Crippen molar-refractivity contribution in [1.29, 1.82) is 5.26 Å². The molecule has 3 amide bonds. The number of aryl methyl sites for hydroxylation is 2. The van der Waals surface area contributed by atoms with Gasteiger partial charge in [-0.15, -0.1) is 0 Å². The Balaban J connectivity index is 1.21. The maximum Gasteiger partial charge on any atom is 0.416 e.